The van der Waals surface area contributed by atoms with E-state index in [1.165, 1.54) is 19.4 Å². The molecule has 4 heteroatoms. The Morgan fingerprint density at radius 1 is 1.56 bits per heavy atom. The van der Waals surface area contributed by atoms with Crippen LogP contribution in [0.1, 0.15) is 24.8 Å². The minimum absolute atomic E-state index is 0.477. The lowest BCUT2D eigenvalue weighted by molar-refractivity contribution is 0.233. The summed E-state index contributed by atoms with van der Waals surface area (Å²) < 4.78 is 5.68. The van der Waals surface area contributed by atoms with Crippen LogP contribution in [-0.2, 0) is 0 Å². The van der Waals surface area contributed by atoms with Crippen molar-refractivity contribution in [2.45, 2.75) is 25.3 Å². The van der Waals surface area contributed by atoms with Crippen LogP contribution in [0.25, 0.3) is 0 Å². The van der Waals surface area contributed by atoms with E-state index in [0.717, 1.165) is 12.2 Å². The molecule has 1 aromatic rings. The Balaban J connectivity index is 1.85. The number of hydrogen-bond donors (Lipinski definition) is 1. The monoisotopic (exact) mass is 245 g/mol. The number of hydrogen-bond acceptors (Lipinski definition) is 4. The van der Waals surface area contributed by atoms with E-state index in [9.17, 15) is 0 Å². The third kappa shape index (κ3) is 2.93. The van der Waals surface area contributed by atoms with Crippen LogP contribution in [-0.4, -0.2) is 31.1 Å². The van der Waals surface area contributed by atoms with Gasteiger partial charge in [0.15, 0.2) is 0 Å². The van der Waals surface area contributed by atoms with Gasteiger partial charge in [0.2, 0.25) is 0 Å². The fourth-order valence-electron chi connectivity index (χ4n) is 2.38. The summed E-state index contributed by atoms with van der Waals surface area (Å²) in [5.41, 5.74) is 6.64. The second-order valence-electron chi connectivity index (χ2n) is 4.77. The van der Waals surface area contributed by atoms with Gasteiger partial charge in [0, 0.05) is 11.7 Å². The molecule has 1 aromatic carbocycles. The zero-order chi connectivity index (χ0) is 13.0. The van der Waals surface area contributed by atoms with Crippen molar-refractivity contribution >= 4 is 5.69 Å². The molecular formula is C14H19N3O. The molecule has 0 radical (unpaired) electrons. The van der Waals surface area contributed by atoms with Crippen LogP contribution in [0.3, 0.4) is 0 Å². The van der Waals surface area contributed by atoms with Crippen molar-refractivity contribution in [1.29, 1.82) is 5.26 Å². The summed E-state index contributed by atoms with van der Waals surface area (Å²) in [6.45, 7) is 1.87. The van der Waals surface area contributed by atoms with E-state index in [-0.39, 0.29) is 0 Å². The number of anilines is 1. The van der Waals surface area contributed by atoms with Gasteiger partial charge < -0.3 is 15.4 Å². The molecule has 18 heavy (non-hydrogen) atoms. The molecule has 1 unspecified atom stereocenters. The number of nitrogens with two attached hydrogens (primary N) is 1. The van der Waals surface area contributed by atoms with Crippen molar-refractivity contribution in [2.24, 2.45) is 0 Å². The highest BCUT2D eigenvalue weighted by Crippen LogP contribution is 2.21. The lowest BCUT2D eigenvalue weighted by Gasteiger charge is -2.19. The molecule has 1 fully saturated rings. The molecule has 96 valence electrons. The van der Waals surface area contributed by atoms with Gasteiger partial charge in [0.25, 0.3) is 0 Å². The van der Waals surface area contributed by atoms with Crippen LogP contribution in [0.4, 0.5) is 5.69 Å². The maximum Gasteiger partial charge on any atom is 0.120 e. The molecule has 0 spiro atoms. The van der Waals surface area contributed by atoms with Gasteiger partial charge in [-0.2, -0.15) is 5.26 Å². The van der Waals surface area contributed by atoms with E-state index in [4.69, 9.17) is 15.7 Å². The Bertz CT molecular complexity index is 453. The maximum absolute atomic E-state index is 8.88. The predicted molar refractivity (Wildman–Crippen MR) is 71.3 cm³/mol. The normalized spacial score (nSPS) is 19.7. The van der Waals surface area contributed by atoms with Gasteiger partial charge in [-0.15, -0.1) is 0 Å². The number of likely N-dealkylation sites (tertiary alicyclic amines) is 1. The van der Waals surface area contributed by atoms with Gasteiger partial charge in [-0.1, -0.05) is 0 Å². The summed E-state index contributed by atoms with van der Waals surface area (Å²) in [6, 6.07) is 7.93. The van der Waals surface area contributed by atoms with Gasteiger partial charge in [-0.25, -0.2) is 0 Å². The van der Waals surface area contributed by atoms with Gasteiger partial charge in [0.1, 0.15) is 11.8 Å². The molecule has 1 aliphatic heterocycles. The molecule has 0 bridgehead atoms. The third-order valence-corrected chi connectivity index (χ3v) is 3.54. The van der Waals surface area contributed by atoms with Crippen molar-refractivity contribution in [3.05, 3.63) is 23.8 Å². The van der Waals surface area contributed by atoms with E-state index in [2.05, 4.69) is 18.0 Å². The fraction of sp³-hybridized carbons (Fsp3) is 0.500. The Morgan fingerprint density at radius 3 is 3.06 bits per heavy atom. The summed E-state index contributed by atoms with van der Waals surface area (Å²) in [5, 5.41) is 8.88. The van der Waals surface area contributed by atoms with Gasteiger partial charge in [-0.05, 0) is 51.1 Å². The Kier molecular flexibility index (Phi) is 4.06. The van der Waals surface area contributed by atoms with Crippen LogP contribution in [0, 0.1) is 11.3 Å². The van der Waals surface area contributed by atoms with E-state index in [0.29, 0.717) is 23.9 Å². The quantitative estimate of drug-likeness (QED) is 0.824. The Hall–Kier alpha value is -1.73. The Labute approximate surface area is 108 Å². The summed E-state index contributed by atoms with van der Waals surface area (Å²) in [6.07, 6.45) is 3.56. The number of rotatable bonds is 4. The van der Waals surface area contributed by atoms with Crippen molar-refractivity contribution in [3.63, 3.8) is 0 Å². The Morgan fingerprint density at radius 2 is 2.39 bits per heavy atom. The standard InChI is InChI=1S/C14H19N3O/c1-17-7-2-3-12(17)6-8-18-13-4-5-14(16)11(9-13)10-15/h4-5,9,12H,2-3,6-8,16H2,1H3. The van der Waals surface area contributed by atoms with Crippen molar-refractivity contribution < 1.29 is 4.74 Å². The summed E-state index contributed by atoms with van der Waals surface area (Å²) in [4.78, 5) is 2.38. The number of benzene rings is 1. The summed E-state index contributed by atoms with van der Waals surface area (Å²) in [7, 11) is 2.16. The van der Waals surface area contributed by atoms with E-state index in [1.54, 1.807) is 12.1 Å². The number of nitrogen functional groups attached to an aromatic ring is 1. The van der Waals surface area contributed by atoms with Gasteiger partial charge in [0.05, 0.1) is 12.2 Å². The van der Waals surface area contributed by atoms with Crippen LogP contribution in [0.2, 0.25) is 0 Å². The zero-order valence-electron chi connectivity index (χ0n) is 10.7. The molecule has 0 amide bonds. The first kappa shape index (κ1) is 12.7. The summed E-state index contributed by atoms with van der Waals surface area (Å²) >= 11 is 0. The molecular weight excluding hydrogens is 226 g/mol. The molecule has 0 saturated carbocycles. The van der Waals surface area contributed by atoms with E-state index < -0.39 is 0 Å². The van der Waals surface area contributed by atoms with Gasteiger partial charge >= 0.3 is 0 Å². The minimum Gasteiger partial charge on any atom is -0.493 e. The summed E-state index contributed by atoms with van der Waals surface area (Å²) in [5.74, 6) is 0.724. The minimum atomic E-state index is 0.477. The molecule has 4 nitrogen and oxygen atoms in total. The topological polar surface area (TPSA) is 62.3 Å². The molecule has 1 atom stereocenters. The first-order valence-electron chi connectivity index (χ1n) is 6.33. The van der Waals surface area contributed by atoms with Crippen LogP contribution in [0.15, 0.2) is 18.2 Å². The average molecular weight is 245 g/mol. The van der Waals surface area contributed by atoms with E-state index >= 15 is 0 Å². The fourth-order valence-corrected chi connectivity index (χ4v) is 2.38. The smallest absolute Gasteiger partial charge is 0.120 e. The van der Waals surface area contributed by atoms with E-state index in [1.807, 2.05) is 6.07 Å². The molecule has 0 aromatic heterocycles. The highest BCUT2D eigenvalue weighted by Gasteiger charge is 2.20. The maximum atomic E-state index is 8.88. The largest absolute Gasteiger partial charge is 0.493 e. The second-order valence-corrected chi connectivity index (χ2v) is 4.77. The molecule has 1 saturated heterocycles. The molecule has 0 aliphatic carbocycles. The van der Waals surface area contributed by atoms with Crippen molar-refractivity contribution in [3.8, 4) is 11.8 Å². The molecule has 1 heterocycles. The highest BCUT2D eigenvalue weighted by atomic mass is 16.5. The SMILES string of the molecule is CN1CCCC1CCOc1ccc(N)c(C#N)c1. The van der Waals surface area contributed by atoms with Crippen LogP contribution >= 0.6 is 0 Å². The molecule has 2 N–H and O–H groups in total. The van der Waals surface area contributed by atoms with Crippen molar-refractivity contribution in [2.75, 3.05) is 25.9 Å². The third-order valence-electron chi connectivity index (χ3n) is 3.54. The molecule has 2 rings (SSSR count). The van der Waals surface area contributed by atoms with Crippen LogP contribution < -0.4 is 10.5 Å². The predicted octanol–water partition coefficient (Wildman–Crippen LogP) is 2.00. The number of nitrogens with zero attached hydrogens (tertiary/aromatic N) is 2. The van der Waals surface area contributed by atoms with Gasteiger partial charge in [-0.3, -0.25) is 0 Å². The second kappa shape index (κ2) is 5.74. The zero-order valence-corrected chi connectivity index (χ0v) is 10.7. The molecule has 1 aliphatic rings. The highest BCUT2D eigenvalue weighted by molar-refractivity contribution is 5.56. The average Bonchev–Trinajstić information content (AvgIpc) is 2.77. The lowest BCUT2D eigenvalue weighted by Crippen LogP contribution is -2.26. The first-order valence-corrected chi connectivity index (χ1v) is 6.33. The number of nitriles is 1. The number of ether oxygens (including phenoxy) is 1. The first-order chi connectivity index (χ1) is 8.70. The lowest BCUT2D eigenvalue weighted by atomic mass is 10.1. The van der Waals surface area contributed by atoms with Crippen molar-refractivity contribution in [1.82, 2.24) is 4.90 Å². The van der Waals surface area contributed by atoms with Crippen LogP contribution in [0.5, 0.6) is 5.75 Å².